The fourth-order valence-electron chi connectivity index (χ4n) is 9.58. The highest BCUT2D eigenvalue weighted by atomic mass is 16.7. The van der Waals surface area contributed by atoms with E-state index in [1.807, 2.05) is 0 Å². The molecule has 5 rings (SSSR count). The van der Waals surface area contributed by atoms with Crippen LogP contribution in [0.4, 0.5) is 0 Å². The number of Topliss-reactive ketones (excluding diaryl/α,β-unsaturated/α-hetero) is 1. The Morgan fingerprint density at radius 1 is 0.947 bits per heavy atom. The Bertz CT molecular complexity index is 1100. The van der Waals surface area contributed by atoms with E-state index in [1.54, 1.807) is 0 Å². The maximum atomic E-state index is 13.3. The Balaban J connectivity index is 1.55. The van der Waals surface area contributed by atoms with Crippen molar-refractivity contribution in [3.05, 3.63) is 0 Å². The van der Waals surface area contributed by atoms with Crippen LogP contribution in [-0.2, 0) is 38.2 Å². The number of oxime groups is 1. The molecule has 0 spiro atoms. The maximum absolute atomic E-state index is 13.3. The minimum absolute atomic E-state index is 0.0120. The van der Waals surface area contributed by atoms with Crippen molar-refractivity contribution >= 4 is 29.4 Å². The van der Waals surface area contributed by atoms with Crippen molar-refractivity contribution in [2.45, 2.75) is 103 Å². The molecule has 0 aromatic rings. The molecule has 4 aliphatic carbocycles. The third-order valence-electron chi connectivity index (χ3n) is 11.2. The molecule has 0 amide bonds. The molecule has 4 saturated carbocycles. The number of rotatable bonds is 4. The van der Waals surface area contributed by atoms with E-state index in [9.17, 15) is 24.3 Å². The average molecular weight is 534 g/mol. The lowest BCUT2D eigenvalue weighted by molar-refractivity contribution is -0.274. The zero-order valence-electron chi connectivity index (χ0n) is 23.1. The first-order valence-electron chi connectivity index (χ1n) is 13.7. The fraction of sp³-hybridized carbons (Fsp3) is 0.821. The summed E-state index contributed by atoms with van der Waals surface area (Å²) in [4.78, 5) is 55.8. The molecule has 1 aliphatic heterocycles. The van der Waals surface area contributed by atoms with Crippen LogP contribution >= 0.6 is 0 Å². The molecule has 210 valence electrons. The van der Waals surface area contributed by atoms with Gasteiger partial charge < -0.3 is 24.2 Å². The Labute approximate surface area is 222 Å². The van der Waals surface area contributed by atoms with Gasteiger partial charge in [0.2, 0.25) is 5.60 Å². The number of nitrogens with zero attached hydrogens (tertiary/aromatic N) is 1. The van der Waals surface area contributed by atoms with E-state index in [-0.39, 0.29) is 35.7 Å². The van der Waals surface area contributed by atoms with Crippen LogP contribution in [0.3, 0.4) is 0 Å². The third kappa shape index (κ3) is 3.37. The van der Waals surface area contributed by atoms with Crippen molar-refractivity contribution in [2.75, 3.05) is 7.11 Å². The van der Waals surface area contributed by atoms with Gasteiger partial charge in [-0.2, -0.15) is 0 Å². The molecule has 1 heterocycles. The summed E-state index contributed by atoms with van der Waals surface area (Å²) in [5.74, 6) is -2.10. The van der Waals surface area contributed by atoms with Gasteiger partial charge in [0.15, 0.2) is 11.5 Å². The van der Waals surface area contributed by atoms with Gasteiger partial charge in [0.25, 0.3) is 0 Å². The van der Waals surface area contributed by atoms with Gasteiger partial charge in [-0.3, -0.25) is 14.4 Å². The lowest BCUT2D eigenvalue weighted by Gasteiger charge is -2.65. The van der Waals surface area contributed by atoms with Crippen molar-refractivity contribution in [3.63, 3.8) is 0 Å². The predicted molar refractivity (Wildman–Crippen MR) is 132 cm³/mol. The van der Waals surface area contributed by atoms with Crippen molar-refractivity contribution < 1.29 is 43.3 Å². The van der Waals surface area contributed by atoms with Crippen molar-refractivity contribution in [3.8, 4) is 0 Å². The molecular formula is C28H39NO9. The highest BCUT2D eigenvalue weighted by molar-refractivity contribution is 6.38. The molecule has 1 N–H and O–H groups in total. The van der Waals surface area contributed by atoms with Gasteiger partial charge in [0, 0.05) is 31.1 Å². The molecule has 10 nitrogen and oxygen atoms in total. The average Bonchev–Trinajstić information content (AvgIpc) is 3.34. The molecule has 0 bridgehead atoms. The first-order valence-corrected chi connectivity index (χ1v) is 13.7. The van der Waals surface area contributed by atoms with Crippen molar-refractivity contribution in [2.24, 2.45) is 39.7 Å². The zero-order valence-corrected chi connectivity index (χ0v) is 23.1. The molecule has 0 aromatic heterocycles. The topological polar surface area (TPSA) is 138 Å². The van der Waals surface area contributed by atoms with Gasteiger partial charge in [0.1, 0.15) is 17.8 Å². The van der Waals surface area contributed by atoms with Crippen LogP contribution in [0.2, 0.25) is 0 Å². The van der Waals surface area contributed by atoms with E-state index in [0.29, 0.717) is 32.1 Å². The molecule has 10 heteroatoms. The van der Waals surface area contributed by atoms with Gasteiger partial charge in [0.05, 0.1) is 13.0 Å². The lowest BCUT2D eigenvalue weighted by Crippen LogP contribution is -2.70. The highest BCUT2D eigenvalue weighted by Gasteiger charge is 2.77. The lowest BCUT2D eigenvalue weighted by atomic mass is 9.42. The van der Waals surface area contributed by atoms with Crippen LogP contribution in [0, 0.1) is 34.5 Å². The molecule has 0 radical (unpaired) electrons. The Morgan fingerprint density at radius 3 is 2.21 bits per heavy atom. The van der Waals surface area contributed by atoms with Gasteiger partial charge >= 0.3 is 17.9 Å². The summed E-state index contributed by atoms with van der Waals surface area (Å²) >= 11 is 0. The molecule has 0 saturated heterocycles. The minimum Gasteiger partial charge on any atom is -0.464 e. The maximum Gasteiger partial charge on any atom is 0.356 e. The molecule has 0 aromatic carbocycles. The van der Waals surface area contributed by atoms with Gasteiger partial charge in [-0.25, -0.2) is 4.79 Å². The second-order valence-corrected chi connectivity index (χ2v) is 12.6. The largest absolute Gasteiger partial charge is 0.464 e. The summed E-state index contributed by atoms with van der Waals surface area (Å²) in [5.41, 5.74) is -3.69. The first-order chi connectivity index (χ1) is 17.7. The monoisotopic (exact) mass is 533 g/mol. The smallest absolute Gasteiger partial charge is 0.356 e. The molecular weight excluding hydrogens is 494 g/mol. The number of ether oxygens (including phenoxy) is 3. The van der Waals surface area contributed by atoms with Gasteiger partial charge in [-0.05, 0) is 63.2 Å². The van der Waals surface area contributed by atoms with Crippen molar-refractivity contribution in [1.82, 2.24) is 0 Å². The van der Waals surface area contributed by atoms with Crippen LogP contribution in [0.15, 0.2) is 5.16 Å². The molecule has 5 aliphatic rings. The number of carbonyl (C=O) groups excluding carboxylic acids is 4. The second kappa shape index (κ2) is 8.76. The number of aliphatic hydroxyl groups is 1. The molecule has 4 fully saturated rings. The quantitative estimate of drug-likeness (QED) is 0.427. The molecule has 10 atom stereocenters. The van der Waals surface area contributed by atoms with Crippen LogP contribution in [-0.4, -0.2) is 65.0 Å². The minimum atomic E-state index is -1.37. The van der Waals surface area contributed by atoms with E-state index in [0.717, 1.165) is 6.42 Å². The summed E-state index contributed by atoms with van der Waals surface area (Å²) in [6.07, 6.45) is 2.50. The van der Waals surface area contributed by atoms with Crippen LogP contribution in [0.25, 0.3) is 0 Å². The number of carbonyl (C=O) groups is 4. The predicted octanol–water partition coefficient (Wildman–Crippen LogP) is 2.73. The number of fused-ring (bicyclic) bond motifs is 7. The van der Waals surface area contributed by atoms with Crippen LogP contribution < -0.4 is 0 Å². The number of hydrogen-bond donors (Lipinski definition) is 1. The van der Waals surface area contributed by atoms with E-state index in [2.05, 4.69) is 19.0 Å². The summed E-state index contributed by atoms with van der Waals surface area (Å²) in [6, 6.07) is 0. The highest BCUT2D eigenvalue weighted by Crippen LogP contribution is 2.72. The second-order valence-electron chi connectivity index (χ2n) is 12.6. The SMILES string of the molecule is COC(=O)C1=NO[C@]2(C(C)=O)[C@H]1CC1C3C[C@@H](OC(C)=O)[C@@]4(O)C[C@@H](OC(C)=O)CC[C@]4(C)C3CC[C@@]12C. The van der Waals surface area contributed by atoms with Gasteiger partial charge in [-0.1, -0.05) is 19.0 Å². The molecule has 38 heavy (non-hydrogen) atoms. The van der Waals surface area contributed by atoms with E-state index >= 15 is 0 Å². The normalized spacial score (nSPS) is 46.8. The third-order valence-corrected chi connectivity index (χ3v) is 11.2. The fourth-order valence-corrected chi connectivity index (χ4v) is 9.58. The number of hydrogen-bond acceptors (Lipinski definition) is 10. The standard InChI is InChI=1S/C28H39NO9/c1-14(30)28-21(23(29-38-28)24(33)35-6)12-20-18-11-22(37-16(3)32)27(34)13-17(36-15(2)31)7-9-25(27,4)19(18)8-10-26(20,28)5/h17-22,34H,7-13H2,1-6H3/t17-,18?,19?,20?,21-,22+,25+,26-,27-,28+/m0/s1. The first kappa shape index (κ1) is 27.1. The van der Waals surface area contributed by atoms with Crippen LogP contribution in [0.5, 0.6) is 0 Å². The summed E-state index contributed by atoms with van der Waals surface area (Å²) < 4.78 is 16.3. The number of methoxy groups -OCH3 is 1. The Hall–Kier alpha value is -2.49. The van der Waals surface area contributed by atoms with E-state index < -0.39 is 58.1 Å². The number of ketones is 1. The Morgan fingerprint density at radius 2 is 1.61 bits per heavy atom. The van der Waals surface area contributed by atoms with E-state index in [1.165, 1.54) is 27.9 Å². The molecule has 3 unspecified atom stereocenters. The summed E-state index contributed by atoms with van der Waals surface area (Å²) in [5, 5.41) is 16.4. The summed E-state index contributed by atoms with van der Waals surface area (Å²) in [6.45, 7) is 8.33. The number of esters is 3. The van der Waals surface area contributed by atoms with E-state index in [4.69, 9.17) is 19.0 Å². The summed E-state index contributed by atoms with van der Waals surface area (Å²) in [7, 11) is 1.29. The van der Waals surface area contributed by atoms with Crippen molar-refractivity contribution in [1.29, 1.82) is 0 Å². The van der Waals surface area contributed by atoms with Crippen LogP contribution in [0.1, 0.15) is 79.6 Å². The zero-order chi connectivity index (χ0) is 27.8. The van der Waals surface area contributed by atoms with Gasteiger partial charge in [-0.15, -0.1) is 0 Å². The Kier molecular flexibility index (Phi) is 6.25.